The van der Waals surface area contributed by atoms with E-state index in [1.807, 2.05) is 40.6 Å². The number of rotatable bonds is 6. The highest BCUT2D eigenvalue weighted by Crippen LogP contribution is 2.39. The summed E-state index contributed by atoms with van der Waals surface area (Å²) >= 11 is 2.90. The Kier molecular flexibility index (Phi) is 6.46. The number of nitrogens with zero attached hydrogens (tertiary/aromatic N) is 3. The number of hydrogen-bond donors (Lipinski definition) is 0. The highest BCUT2D eigenvalue weighted by molar-refractivity contribution is 8.18. The average molecular weight is 426 g/mol. The highest BCUT2D eigenvalue weighted by Gasteiger charge is 2.39. The maximum Gasteiger partial charge on any atom is 0.267 e. The second-order valence-electron chi connectivity index (χ2n) is 6.92. The van der Waals surface area contributed by atoms with Crippen LogP contribution >= 0.6 is 23.1 Å². The molecule has 2 aromatic rings. The fourth-order valence-corrected chi connectivity index (χ4v) is 5.19. The minimum Gasteiger partial charge on any atom is -0.489 e. The van der Waals surface area contributed by atoms with Gasteiger partial charge in [0, 0.05) is 23.2 Å². The lowest BCUT2D eigenvalue weighted by Crippen LogP contribution is -2.40. The molecular formula is C22H23N3O2S2. The van der Waals surface area contributed by atoms with E-state index in [2.05, 4.69) is 11.6 Å². The summed E-state index contributed by atoms with van der Waals surface area (Å²) in [6.07, 6.45) is 10.9. The number of thioether (sulfide) groups is 1. The van der Waals surface area contributed by atoms with Gasteiger partial charge in [-0.1, -0.05) is 50.1 Å². The van der Waals surface area contributed by atoms with Crippen molar-refractivity contribution in [2.24, 2.45) is 4.99 Å². The maximum absolute atomic E-state index is 13.4. The van der Waals surface area contributed by atoms with Crippen LogP contribution in [0, 0.1) is 0 Å². The summed E-state index contributed by atoms with van der Waals surface area (Å²) in [5.74, 6) is 0.763. The molecule has 2 fully saturated rings. The van der Waals surface area contributed by atoms with Crippen LogP contribution in [0.2, 0.25) is 0 Å². The zero-order valence-corrected chi connectivity index (χ0v) is 17.8. The van der Waals surface area contributed by atoms with E-state index >= 15 is 0 Å². The Morgan fingerprint density at radius 2 is 2.10 bits per heavy atom. The Labute approximate surface area is 179 Å². The third-order valence-corrected chi connectivity index (χ3v) is 6.60. The van der Waals surface area contributed by atoms with Gasteiger partial charge in [0.2, 0.25) is 5.13 Å². The summed E-state index contributed by atoms with van der Waals surface area (Å²) < 4.78 is 5.75. The van der Waals surface area contributed by atoms with E-state index in [9.17, 15) is 4.79 Å². The summed E-state index contributed by atoms with van der Waals surface area (Å²) in [6, 6.07) is 7.94. The number of hydrogen-bond acceptors (Lipinski definition) is 6. The molecule has 0 unspecified atom stereocenters. The fourth-order valence-electron chi connectivity index (χ4n) is 3.60. The molecule has 0 bridgehead atoms. The highest BCUT2D eigenvalue weighted by atomic mass is 32.2. The minimum absolute atomic E-state index is 0.0238. The van der Waals surface area contributed by atoms with Gasteiger partial charge in [-0.15, -0.1) is 11.3 Å². The fraction of sp³-hybridized carbons (Fsp3) is 0.318. The minimum atomic E-state index is 0.0238. The molecule has 0 spiro atoms. The first-order chi connectivity index (χ1) is 14.3. The van der Waals surface area contributed by atoms with Crippen LogP contribution in [0.3, 0.4) is 0 Å². The first kappa shape index (κ1) is 19.9. The Morgan fingerprint density at radius 1 is 1.28 bits per heavy atom. The number of thiazole rings is 1. The molecule has 2 heterocycles. The quantitative estimate of drug-likeness (QED) is 0.444. The number of amides is 1. The molecule has 0 radical (unpaired) electrons. The molecule has 1 amide bonds. The molecule has 4 rings (SSSR count). The second-order valence-corrected chi connectivity index (χ2v) is 8.81. The van der Waals surface area contributed by atoms with Crippen LogP contribution in [-0.4, -0.2) is 33.6 Å². The Hall–Kier alpha value is -2.38. The van der Waals surface area contributed by atoms with Crippen LogP contribution in [0.25, 0.3) is 6.08 Å². The molecule has 1 aliphatic heterocycles. The van der Waals surface area contributed by atoms with Crippen molar-refractivity contribution in [2.45, 2.75) is 38.1 Å². The maximum atomic E-state index is 13.4. The monoisotopic (exact) mass is 425 g/mol. The van der Waals surface area contributed by atoms with Crippen molar-refractivity contribution < 1.29 is 9.53 Å². The van der Waals surface area contributed by atoms with Crippen molar-refractivity contribution in [3.63, 3.8) is 0 Å². The molecule has 29 heavy (non-hydrogen) atoms. The lowest BCUT2D eigenvalue weighted by Gasteiger charge is -2.30. The smallest absolute Gasteiger partial charge is 0.267 e. The predicted molar refractivity (Wildman–Crippen MR) is 121 cm³/mol. The van der Waals surface area contributed by atoms with Crippen molar-refractivity contribution in [2.75, 3.05) is 6.61 Å². The summed E-state index contributed by atoms with van der Waals surface area (Å²) in [5.41, 5.74) is 0.879. The van der Waals surface area contributed by atoms with Crippen LogP contribution in [0.5, 0.6) is 5.75 Å². The van der Waals surface area contributed by atoms with Crippen molar-refractivity contribution in [3.8, 4) is 5.75 Å². The molecule has 1 aromatic carbocycles. The zero-order chi connectivity index (χ0) is 20.1. The van der Waals surface area contributed by atoms with Crippen molar-refractivity contribution in [3.05, 3.63) is 59.0 Å². The largest absolute Gasteiger partial charge is 0.489 e. The average Bonchev–Trinajstić information content (AvgIpc) is 3.36. The zero-order valence-electron chi connectivity index (χ0n) is 16.1. The Balaban J connectivity index is 1.67. The topological polar surface area (TPSA) is 54.8 Å². The summed E-state index contributed by atoms with van der Waals surface area (Å²) in [5, 5.41) is 3.31. The summed E-state index contributed by atoms with van der Waals surface area (Å²) in [7, 11) is 0. The van der Waals surface area contributed by atoms with Gasteiger partial charge in [0.15, 0.2) is 5.17 Å². The normalized spacial score (nSPS) is 20.6. The van der Waals surface area contributed by atoms with Gasteiger partial charge < -0.3 is 4.74 Å². The van der Waals surface area contributed by atoms with Crippen molar-refractivity contribution in [1.82, 2.24) is 9.88 Å². The molecule has 2 aliphatic rings. The van der Waals surface area contributed by atoms with E-state index < -0.39 is 0 Å². The van der Waals surface area contributed by atoms with Crippen LogP contribution < -0.4 is 4.74 Å². The van der Waals surface area contributed by atoms with E-state index in [4.69, 9.17) is 9.73 Å². The van der Waals surface area contributed by atoms with Gasteiger partial charge in [0.1, 0.15) is 12.4 Å². The van der Waals surface area contributed by atoms with E-state index in [0.717, 1.165) is 42.2 Å². The molecule has 150 valence electrons. The van der Waals surface area contributed by atoms with Gasteiger partial charge in [-0.3, -0.25) is 9.69 Å². The van der Waals surface area contributed by atoms with Gasteiger partial charge >= 0.3 is 0 Å². The first-order valence-corrected chi connectivity index (χ1v) is 11.5. The molecule has 1 saturated carbocycles. The number of benzene rings is 1. The molecule has 5 nitrogen and oxygen atoms in total. The number of ether oxygens (including phenoxy) is 1. The predicted octanol–water partition coefficient (Wildman–Crippen LogP) is 5.64. The van der Waals surface area contributed by atoms with Crippen LogP contribution in [0.4, 0.5) is 5.13 Å². The number of aromatic nitrogens is 1. The Bertz CT molecular complexity index is 931. The van der Waals surface area contributed by atoms with Crippen molar-refractivity contribution in [1.29, 1.82) is 0 Å². The lowest BCUT2D eigenvalue weighted by atomic mass is 9.94. The lowest BCUT2D eigenvalue weighted by molar-refractivity contribution is -0.124. The SMILES string of the molecule is C=CCOc1ccccc1/C=C1\S/C(=N/c2nccs2)N(C2CCCCC2)C1=O. The van der Waals surface area contributed by atoms with Crippen LogP contribution in [0.15, 0.2) is 58.4 Å². The molecular weight excluding hydrogens is 402 g/mol. The van der Waals surface area contributed by atoms with Crippen LogP contribution in [0.1, 0.15) is 37.7 Å². The first-order valence-electron chi connectivity index (χ1n) is 9.80. The number of para-hydroxylation sites is 1. The van der Waals surface area contributed by atoms with Gasteiger partial charge in [-0.05, 0) is 36.7 Å². The van der Waals surface area contributed by atoms with Gasteiger partial charge in [0.25, 0.3) is 5.91 Å². The van der Waals surface area contributed by atoms with Gasteiger partial charge in [0.05, 0.1) is 4.91 Å². The molecule has 1 saturated heterocycles. The summed E-state index contributed by atoms with van der Waals surface area (Å²) in [4.78, 5) is 24.9. The molecule has 0 N–H and O–H groups in total. The number of carbonyl (C=O) groups excluding carboxylic acids is 1. The number of amidine groups is 1. The number of carbonyl (C=O) groups is 1. The van der Waals surface area contributed by atoms with E-state index in [-0.39, 0.29) is 11.9 Å². The van der Waals surface area contributed by atoms with E-state index in [1.165, 1.54) is 29.5 Å². The van der Waals surface area contributed by atoms with E-state index in [0.29, 0.717) is 16.6 Å². The third-order valence-electron chi connectivity index (χ3n) is 4.95. The molecule has 1 aliphatic carbocycles. The van der Waals surface area contributed by atoms with Gasteiger partial charge in [-0.25, -0.2) is 4.98 Å². The van der Waals surface area contributed by atoms with Gasteiger partial charge in [-0.2, -0.15) is 4.99 Å². The molecule has 1 aromatic heterocycles. The van der Waals surface area contributed by atoms with Crippen molar-refractivity contribution >= 4 is 45.4 Å². The Morgan fingerprint density at radius 3 is 2.86 bits per heavy atom. The summed E-state index contributed by atoms with van der Waals surface area (Å²) in [6.45, 7) is 4.12. The number of aliphatic imine (C=N–C) groups is 1. The van der Waals surface area contributed by atoms with Crippen LogP contribution in [-0.2, 0) is 4.79 Å². The third kappa shape index (κ3) is 4.62. The molecule has 0 atom stereocenters. The molecule has 7 heteroatoms. The standard InChI is InChI=1S/C22H23N3O2S2/c1-2-13-27-18-11-7-6-8-16(18)15-19-20(26)25(17-9-4-3-5-10-17)22(29-19)24-21-23-12-14-28-21/h2,6-8,11-12,14-15,17H,1,3-5,9-10,13H2/b19-15-,24-22+. The van der Waals surface area contributed by atoms with E-state index in [1.54, 1.807) is 12.3 Å². The second kappa shape index (κ2) is 9.41.